The molecule has 1 aromatic heterocycles. The molecule has 154 valence electrons. The SMILES string of the molecule is Nc1ccc(C(O)Cc2ccn(CC(O)c3ccc(N)cc3)c2CCCO)cc1. The molecule has 0 saturated carbocycles. The second-order valence-electron chi connectivity index (χ2n) is 7.34. The Kier molecular flexibility index (Phi) is 6.93. The van der Waals surface area contributed by atoms with Crippen molar-refractivity contribution in [2.24, 2.45) is 0 Å². The molecule has 2 atom stereocenters. The molecule has 1 heterocycles. The topological polar surface area (TPSA) is 118 Å². The normalized spacial score (nSPS) is 13.3. The van der Waals surface area contributed by atoms with Crippen LogP contribution in [0.3, 0.4) is 0 Å². The van der Waals surface area contributed by atoms with Crippen LogP contribution in [0.5, 0.6) is 0 Å². The van der Waals surface area contributed by atoms with E-state index in [9.17, 15) is 15.3 Å². The number of nitrogen functional groups attached to an aromatic ring is 2. The van der Waals surface area contributed by atoms with Crippen molar-refractivity contribution in [3.05, 3.63) is 83.2 Å². The number of aromatic nitrogens is 1. The molecule has 3 aromatic rings. The first-order chi connectivity index (χ1) is 14.0. The Hall–Kier alpha value is -2.80. The van der Waals surface area contributed by atoms with Crippen molar-refractivity contribution in [3.8, 4) is 0 Å². The molecule has 2 aromatic carbocycles. The minimum atomic E-state index is -0.675. The molecule has 7 N–H and O–H groups in total. The van der Waals surface area contributed by atoms with Crippen molar-refractivity contribution in [3.63, 3.8) is 0 Å². The summed E-state index contributed by atoms with van der Waals surface area (Å²) in [5, 5.41) is 30.6. The molecule has 0 radical (unpaired) electrons. The number of hydrogen-bond donors (Lipinski definition) is 5. The van der Waals surface area contributed by atoms with Crippen molar-refractivity contribution in [1.82, 2.24) is 4.57 Å². The van der Waals surface area contributed by atoms with Gasteiger partial charge in [0.1, 0.15) is 0 Å². The summed E-state index contributed by atoms with van der Waals surface area (Å²) in [6.07, 6.45) is 2.34. The monoisotopic (exact) mass is 395 g/mol. The van der Waals surface area contributed by atoms with Gasteiger partial charge in [0.2, 0.25) is 0 Å². The van der Waals surface area contributed by atoms with Gasteiger partial charge in [-0.2, -0.15) is 0 Å². The fourth-order valence-corrected chi connectivity index (χ4v) is 3.51. The van der Waals surface area contributed by atoms with E-state index in [2.05, 4.69) is 0 Å². The lowest BCUT2D eigenvalue weighted by Crippen LogP contribution is -2.13. The van der Waals surface area contributed by atoms with Crippen LogP contribution in [0.15, 0.2) is 60.8 Å². The fourth-order valence-electron chi connectivity index (χ4n) is 3.51. The van der Waals surface area contributed by atoms with E-state index in [1.807, 2.05) is 41.1 Å². The summed E-state index contributed by atoms with van der Waals surface area (Å²) in [4.78, 5) is 0. The molecule has 29 heavy (non-hydrogen) atoms. The Morgan fingerprint density at radius 1 is 0.793 bits per heavy atom. The molecular weight excluding hydrogens is 366 g/mol. The van der Waals surface area contributed by atoms with Crippen LogP contribution in [0.2, 0.25) is 0 Å². The van der Waals surface area contributed by atoms with Crippen molar-refractivity contribution >= 4 is 11.4 Å². The lowest BCUT2D eigenvalue weighted by atomic mass is 10.00. The summed E-state index contributed by atoms with van der Waals surface area (Å²) < 4.78 is 2.00. The number of aliphatic hydroxyl groups excluding tert-OH is 3. The number of rotatable bonds is 9. The number of benzene rings is 2. The smallest absolute Gasteiger partial charge is 0.0968 e. The highest BCUT2D eigenvalue weighted by atomic mass is 16.3. The first-order valence-corrected chi connectivity index (χ1v) is 9.82. The molecule has 3 rings (SSSR count). The summed E-state index contributed by atoms with van der Waals surface area (Å²) >= 11 is 0. The van der Waals surface area contributed by atoms with E-state index < -0.39 is 12.2 Å². The zero-order valence-electron chi connectivity index (χ0n) is 16.4. The van der Waals surface area contributed by atoms with Gasteiger partial charge in [-0.1, -0.05) is 24.3 Å². The van der Waals surface area contributed by atoms with Gasteiger partial charge in [-0.05, 0) is 59.9 Å². The number of nitrogens with zero attached hydrogens (tertiary/aromatic N) is 1. The predicted molar refractivity (Wildman–Crippen MR) is 115 cm³/mol. The largest absolute Gasteiger partial charge is 0.399 e. The number of aliphatic hydroxyl groups is 3. The van der Waals surface area contributed by atoms with Gasteiger partial charge in [0, 0.05) is 36.3 Å². The quantitative estimate of drug-likeness (QED) is 0.357. The van der Waals surface area contributed by atoms with Gasteiger partial charge < -0.3 is 31.4 Å². The van der Waals surface area contributed by atoms with Crippen LogP contribution in [0.4, 0.5) is 11.4 Å². The maximum absolute atomic E-state index is 10.6. The average molecular weight is 396 g/mol. The molecule has 6 nitrogen and oxygen atoms in total. The number of nitrogens with two attached hydrogens (primary N) is 2. The maximum Gasteiger partial charge on any atom is 0.0968 e. The van der Waals surface area contributed by atoms with Crippen LogP contribution in [0, 0.1) is 0 Å². The predicted octanol–water partition coefficient (Wildman–Crippen LogP) is 2.59. The highest BCUT2D eigenvalue weighted by molar-refractivity contribution is 5.41. The zero-order chi connectivity index (χ0) is 20.8. The minimum Gasteiger partial charge on any atom is -0.399 e. The highest BCUT2D eigenvalue weighted by Crippen LogP contribution is 2.25. The van der Waals surface area contributed by atoms with Gasteiger partial charge in [0.15, 0.2) is 0 Å². The van der Waals surface area contributed by atoms with Crippen LogP contribution < -0.4 is 11.5 Å². The molecule has 0 spiro atoms. The van der Waals surface area contributed by atoms with Gasteiger partial charge in [0.05, 0.1) is 18.8 Å². The Morgan fingerprint density at radius 3 is 1.90 bits per heavy atom. The molecule has 0 fully saturated rings. The van der Waals surface area contributed by atoms with E-state index in [-0.39, 0.29) is 6.61 Å². The van der Waals surface area contributed by atoms with Crippen molar-refractivity contribution in [1.29, 1.82) is 0 Å². The molecule has 0 amide bonds. The van der Waals surface area contributed by atoms with E-state index in [1.165, 1.54) is 0 Å². The first kappa shape index (κ1) is 20.9. The fraction of sp³-hybridized carbons (Fsp3) is 0.304. The Labute approximate surface area is 171 Å². The van der Waals surface area contributed by atoms with Gasteiger partial charge in [-0.3, -0.25) is 0 Å². The van der Waals surface area contributed by atoms with E-state index in [4.69, 9.17) is 11.5 Å². The standard InChI is InChI=1S/C23H29N3O3/c24-19-7-3-16(4-8-19)22(28)14-18-11-12-26(21(18)2-1-13-27)15-23(29)17-5-9-20(25)10-6-17/h3-12,22-23,27-29H,1-2,13-15,24-25H2. The van der Waals surface area contributed by atoms with Gasteiger partial charge in [0.25, 0.3) is 0 Å². The van der Waals surface area contributed by atoms with Gasteiger partial charge in [-0.25, -0.2) is 0 Å². The van der Waals surface area contributed by atoms with Crippen LogP contribution in [-0.2, 0) is 19.4 Å². The van der Waals surface area contributed by atoms with E-state index in [0.717, 1.165) is 22.4 Å². The maximum atomic E-state index is 10.6. The molecule has 0 aliphatic heterocycles. The molecular formula is C23H29N3O3. The molecule has 6 heteroatoms. The minimum absolute atomic E-state index is 0.0889. The van der Waals surface area contributed by atoms with Crippen molar-refractivity contribution in [2.75, 3.05) is 18.1 Å². The van der Waals surface area contributed by atoms with Gasteiger partial charge in [-0.15, -0.1) is 0 Å². The zero-order valence-corrected chi connectivity index (χ0v) is 16.4. The number of hydrogen-bond acceptors (Lipinski definition) is 5. The average Bonchev–Trinajstić information content (AvgIpc) is 3.08. The second kappa shape index (κ2) is 9.60. The van der Waals surface area contributed by atoms with Crippen LogP contribution in [0.1, 0.15) is 41.0 Å². The Bertz CT molecular complexity index is 833. The molecule has 0 aliphatic carbocycles. The second-order valence-corrected chi connectivity index (χ2v) is 7.34. The van der Waals surface area contributed by atoms with Crippen LogP contribution >= 0.6 is 0 Å². The first-order valence-electron chi connectivity index (χ1n) is 9.82. The Balaban J connectivity index is 1.78. The van der Waals surface area contributed by atoms with E-state index in [1.54, 1.807) is 24.3 Å². The van der Waals surface area contributed by atoms with Gasteiger partial charge >= 0.3 is 0 Å². The van der Waals surface area contributed by atoms with Crippen LogP contribution in [-0.4, -0.2) is 26.5 Å². The van der Waals surface area contributed by atoms with E-state index in [0.29, 0.717) is 37.2 Å². The highest BCUT2D eigenvalue weighted by Gasteiger charge is 2.17. The summed E-state index contributed by atoms with van der Waals surface area (Å²) in [6.45, 7) is 0.480. The third kappa shape index (κ3) is 5.38. The molecule has 0 aliphatic rings. The lowest BCUT2D eigenvalue weighted by Gasteiger charge is -2.17. The Morgan fingerprint density at radius 2 is 1.34 bits per heavy atom. The summed E-state index contributed by atoms with van der Waals surface area (Å²) in [6, 6.07) is 16.4. The summed E-state index contributed by atoms with van der Waals surface area (Å²) in [5.41, 5.74) is 16.4. The lowest BCUT2D eigenvalue weighted by molar-refractivity contribution is 0.155. The van der Waals surface area contributed by atoms with Crippen molar-refractivity contribution < 1.29 is 15.3 Å². The molecule has 0 bridgehead atoms. The van der Waals surface area contributed by atoms with E-state index >= 15 is 0 Å². The van der Waals surface area contributed by atoms with Crippen molar-refractivity contribution in [2.45, 2.75) is 38.0 Å². The third-order valence-electron chi connectivity index (χ3n) is 5.17. The molecule has 2 unspecified atom stereocenters. The summed E-state index contributed by atoms with van der Waals surface area (Å²) in [7, 11) is 0. The molecule has 0 saturated heterocycles. The third-order valence-corrected chi connectivity index (χ3v) is 5.17. The number of anilines is 2. The summed E-state index contributed by atoms with van der Waals surface area (Å²) in [5.74, 6) is 0. The van der Waals surface area contributed by atoms with Crippen LogP contribution in [0.25, 0.3) is 0 Å².